The minimum Gasteiger partial charge on any atom is -0.416 e. The molecular formula is C17H37NOSi. The van der Waals surface area contributed by atoms with Crippen molar-refractivity contribution >= 4 is 8.32 Å². The lowest BCUT2D eigenvalue weighted by atomic mass is 10.1. The van der Waals surface area contributed by atoms with Gasteiger partial charge < -0.3 is 10.2 Å². The lowest BCUT2D eigenvalue weighted by Crippen LogP contribution is -2.48. The van der Waals surface area contributed by atoms with Crippen LogP contribution in [0.3, 0.4) is 0 Å². The van der Waals surface area contributed by atoms with E-state index in [-0.39, 0.29) is 5.54 Å². The van der Waals surface area contributed by atoms with Gasteiger partial charge >= 0.3 is 0 Å². The topological polar surface area (TPSA) is 35.2 Å². The van der Waals surface area contributed by atoms with Crippen molar-refractivity contribution in [2.24, 2.45) is 11.7 Å². The van der Waals surface area contributed by atoms with Gasteiger partial charge in [0.2, 0.25) is 0 Å². The maximum absolute atomic E-state index is 6.62. The second-order valence-corrected chi connectivity index (χ2v) is 13.3. The van der Waals surface area contributed by atoms with Gasteiger partial charge in [-0.2, -0.15) is 0 Å². The number of hydrogen-bond acceptors (Lipinski definition) is 2. The van der Waals surface area contributed by atoms with Crippen LogP contribution in [-0.4, -0.2) is 20.5 Å². The summed E-state index contributed by atoms with van der Waals surface area (Å²) >= 11 is 0. The standard InChI is InChI=1S/C17H37NOSi/c1-8-10-17(18)12-16(17)9-11-19-20(13(2)3,14(4)5)15(6)7/h13-16H,8-12,18H2,1-7H3/t16-,17+/m0/s1. The fourth-order valence-corrected chi connectivity index (χ4v) is 9.91. The van der Waals surface area contributed by atoms with Crippen LogP contribution in [0.5, 0.6) is 0 Å². The Hall–Kier alpha value is 0.137. The Bertz CT molecular complexity index is 282. The molecule has 0 aromatic heterocycles. The smallest absolute Gasteiger partial charge is 0.200 e. The van der Waals surface area contributed by atoms with E-state index in [0.717, 1.165) is 13.0 Å². The summed E-state index contributed by atoms with van der Waals surface area (Å²) in [6.07, 6.45) is 4.76. The summed E-state index contributed by atoms with van der Waals surface area (Å²) in [6, 6.07) is 0. The van der Waals surface area contributed by atoms with Gasteiger partial charge in [0.1, 0.15) is 0 Å². The van der Waals surface area contributed by atoms with Gasteiger partial charge in [-0.15, -0.1) is 0 Å². The monoisotopic (exact) mass is 299 g/mol. The van der Waals surface area contributed by atoms with E-state index in [1.54, 1.807) is 0 Å². The van der Waals surface area contributed by atoms with E-state index in [9.17, 15) is 0 Å². The summed E-state index contributed by atoms with van der Waals surface area (Å²) in [6.45, 7) is 17.3. The van der Waals surface area contributed by atoms with Gasteiger partial charge in [0.15, 0.2) is 8.32 Å². The maximum Gasteiger partial charge on any atom is 0.200 e. The van der Waals surface area contributed by atoms with Crippen molar-refractivity contribution in [3.05, 3.63) is 0 Å². The molecule has 0 aromatic carbocycles. The van der Waals surface area contributed by atoms with Crippen molar-refractivity contribution < 1.29 is 4.43 Å². The van der Waals surface area contributed by atoms with Crippen molar-refractivity contribution in [3.8, 4) is 0 Å². The van der Waals surface area contributed by atoms with Crippen molar-refractivity contribution in [1.29, 1.82) is 0 Å². The Morgan fingerprint density at radius 2 is 1.60 bits per heavy atom. The van der Waals surface area contributed by atoms with Crippen LogP contribution in [0.2, 0.25) is 16.6 Å². The van der Waals surface area contributed by atoms with Gasteiger partial charge in [-0.3, -0.25) is 0 Å². The molecule has 0 bridgehead atoms. The van der Waals surface area contributed by atoms with E-state index >= 15 is 0 Å². The third kappa shape index (κ3) is 3.66. The van der Waals surface area contributed by atoms with Gasteiger partial charge in [0.25, 0.3) is 0 Å². The largest absolute Gasteiger partial charge is 0.416 e. The number of hydrogen-bond donors (Lipinski definition) is 1. The van der Waals surface area contributed by atoms with Crippen molar-refractivity contribution in [2.75, 3.05) is 6.61 Å². The fourth-order valence-electron chi connectivity index (χ4n) is 4.44. The Morgan fingerprint density at radius 1 is 1.10 bits per heavy atom. The average molecular weight is 300 g/mol. The second kappa shape index (κ2) is 6.93. The zero-order valence-electron chi connectivity index (χ0n) is 14.8. The molecule has 0 aliphatic heterocycles. The summed E-state index contributed by atoms with van der Waals surface area (Å²) in [5.41, 5.74) is 8.58. The molecule has 3 heteroatoms. The molecule has 1 saturated carbocycles. The fraction of sp³-hybridized carbons (Fsp3) is 1.00. The minimum absolute atomic E-state index is 0.149. The van der Waals surface area contributed by atoms with Crippen LogP contribution < -0.4 is 5.73 Å². The summed E-state index contributed by atoms with van der Waals surface area (Å²) in [7, 11) is -1.67. The number of nitrogens with two attached hydrogens (primary N) is 1. The van der Waals surface area contributed by atoms with Gasteiger partial charge in [0.05, 0.1) is 0 Å². The molecule has 1 aliphatic rings. The zero-order chi connectivity index (χ0) is 15.6. The SMILES string of the molecule is CCC[C@@]1(N)C[C@@H]1CCO[Si](C(C)C)(C(C)C)C(C)C. The predicted molar refractivity (Wildman–Crippen MR) is 91.6 cm³/mol. The van der Waals surface area contributed by atoms with Crippen LogP contribution in [0, 0.1) is 5.92 Å². The third-order valence-electron chi connectivity index (χ3n) is 5.52. The van der Waals surface area contributed by atoms with Crippen molar-refractivity contribution in [2.45, 2.75) is 96.3 Å². The molecule has 120 valence electrons. The first kappa shape index (κ1) is 18.2. The average Bonchev–Trinajstić information content (AvgIpc) is 2.94. The van der Waals surface area contributed by atoms with Gasteiger partial charge in [-0.05, 0) is 41.8 Å². The summed E-state index contributed by atoms with van der Waals surface area (Å²) < 4.78 is 6.62. The van der Waals surface area contributed by atoms with Gasteiger partial charge in [-0.1, -0.05) is 54.9 Å². The second-order valence-electron chi connectivity index (χ2n) is 7.84. The van der Waals surface area contributed by atoms with E-state index in [4.69, 9.17) is 10.2 Å². The van der Waals surface area contributed by atoms with E-state index in [1.807, 2.05) is 0 Å². The van der Waals surface area contributed by atoms with Crippen LogP contribution in [0.15, 0.2) is 0 Å². The molecule has 0 unspecified atom stereocenters. The summed E-state index contributed by atoms with van der Waals surface area (Å²) in [4.78, 5) is 0. The minimum atomic E-state index is -1.67. The van der Waals surface area contributed by atoms with Gasteiger partial charge in [0, 0.05) is 12.1 Å². The predicted octanol–water partition coefficient (Wildman–Crippen LogP) is 5.09. The van der Waals surface area contributed by atoms with Crippen molar-refractivity contribution in [1.82, 2.24) is 0 Å². The molecule has 20 heavy (non-hydrogen) atoms. The molecule has 2 nitrogen and oxygen atoms in total. The molecule has 2 N–H and O–H groups in total. The molecule has 1 aliphatic carbocycles. The quantitative estimate of drug-likeness (QED) is 0.602. The summed E-state index contributed by atoms with van der Waals surface area (Å²) in [5, 5.41) is 0. The third-order valence-corrected chi connectivity index (χ3v) is 11.6. The van der Waals surface area contributed by atoms with Crippen LogP contribution in [0.25, 0.3) is 0 Å². The van der Waals surface area contributed by atoms with Crippen LogP contribution in [0.4, 0.5) is 0 Å². The van der Waals surface area contributed by atoms with Crippen LogP contribution in [0.1, 0.15) is 74.1 Å². The highest BCUT2D eigenvalue weighted by Gasteiger charge is 2.50. The van der Waals surface area contributed by atoms with E-state index in [0.29, 0.717) is 22.5 Å². The molecule has 1 fully saturated rings. The lowest BCUT2D eigenvalue weighted by molar-refractivity contribution is 0.260. The maximum atomic E-state index is 6.62. The van der Waals surface area contributed by atoms with Crippen molar-refractivity contribution in [3.63, 3.8) is 0 Å². The first-order chi connectivity index (χ1) is 9.20. The molecule has 1 rings (SSSR count). The lowest BCUT2D eigenvalue weighted by Gasteiger charge is -2.42. The Labute approximate surface area is 128 Å². The molecule has 0 saturated heterocycles. The molecule has 0 aromatic rings. The molecule has 2 atom stereocenters. The molecule has 0 heterocycles. The normalized spacial score (nSPS) is 26.9. The molecule has 0 spiro atoms. The molecular weight excluding hydrogens is 262 g/mol. The Balaban J connectivity index is 2.53. The Morgan fingerprint density at radius 3 is 2.00 bits per heavy atom. The highest BCUT2D eigenvalue weighted by atomic mass is 28.4. The zero-order valence-corrected chi connectivity index (χ0v) is 15.8. The molecule has 0 amide bonds. The summed E-state index contributed by atoms with van der Waals surface area (Å²) in [5.74, 6) is 0.709. The van der Waals surface area contributed by atoms with Gasteiger partial charge in [-0.25, -0.2) is 0 Å². The first-order valence-corrected chi connectivity index (χ1v) is 10.8. The molecule has 0 radical (unpaired) electrons. The van der Waals surface area contributed by atoms with Crippen LogP contribution in [-0.2, 0) is 4.43 Å². The van der Waals surface area contributed by atoms with E-state index in [2.05, 4.69) is 48.5 Å². The highest BCUT2D eigenvalue weighted by molar-refractivity contribution is 6.77. The van der Waals surface area contributed by atoms with E-state index < -0.39 is 8.32 Å². The van der Waals surface area contributed by atoms with Crippen LogP contribution >= 0.6 is 0 Å². The Kier molecular flexibility index (Phi) is 6.30. The number of rotatable bonds is 9. The first-order valence-electron chi connectivity index (χ1n) is 8.63. The highest BCUT2D eigenvalue weighted by Crippen LogP contribution is 2.48. The van der Waals surface area contributed by atoms with E-state index in [1.165, 1.54) is 19.3 Å².